The molecule has 4 rings (SSSR count). The Morgan fingerprint density at radius 1 is 0.780 bits per heavy atom. The predicted octanol–water partition coefficient (Wildman–Crippen LogP) is 6.93. The summed E-state index contributed by atoms with van der Waals surface area (Å²) in [6.07, 6.45) is -3.68. The minimum Gasteiger partial charge on any atom is -0.468 e. The molecule has 1 amide bonds. The molecule has 9 heteroatoms. The molecule has 4 aromatic rings. The third-order valence-corrected chi connectivity index (χ3v) is 6.44. The number of esters is 1. The van der Waals surface area contributed by atoms with Crippen LogP contribution in [0.5, 0.6) is 0 Å². The van der Waals surface area contributed by atoms with Crippen LogP contribution >= 0.6 is 0 Å². The lowest BCUT2D eigenvalue weighted by Gasteiger charge is -2.17. The third-order valence-electron chi connectivity index (χ3n) is 6.44. The zero-order chi connectivity index (χ0) is 29.2. The molecule has 0 spiro atoms. The van der Waals surface area contributed by atoms with Gasteiger partial charge in [0, 0.05) is 23.5 Å². The van der Waals surface area contributed by atoms with E-state index in [-0.39, 0.29) is 11.9 Å². The second-order valence-electron chi connectivity index (χ2n) is 9.25. The lowest BCUT2D eigenvalue weighted by atomic mass is 9.98. The Kier molecular flexibility index (Phi) is 9.76. The van der Waals surface area contributed by atoms with Crippen molar-refractivity contribution in [3.63, 3.8) is 0 Å². The maximum atomic E-state index is 13.0. The summed E-state index contributed by atoms with van der Waals surface area (Å²) in [5.41, 5.74) is 2.93. The maximum absolute atomic E-state index is 13.0. The van der Waals surface area contributed by atoms with E-state index in [0.29, 0.717) is 35.5 Å². The molecule has 6 nitrogen and oxygen atoms in total. The van der Waals surface area contributed by atoms with Crippen molar-refractivity contribution >= 4 is 23.3 Å². The topological polar surface area (TPSA) is 79.5 Å². The Bertz CT molecular complexity index is 1440. The first-order chi connectivity index (χ1) is 19.8. The highest BCUT2D eigenvalue weighted by Crippen LogP contribution is 2.32. The van der Waals surface area contributed by atoms with Gasteiger partial charge >= 0.3 is 12.1 Å². The van der Waals surface area contributed by atoms with Gasteiger partial charge in [-0.05, 0) is 72.1 Å². The first kappa shape index (κ1) is 29.4. The summed E-state index contributed by atoms with van der Waals surface area (Å²) < 4.78 is 43.7. The van der Waals surface area contributed by atoms with Gasteiger partial charge in [-0.2, -0.15) is 13.2 Å². The van der Waals surface area contributed by atoms with E-state index >= 15 is 0 Å². The Morgan fingerprint density at radius 2 is 1.41 bits per heavy atom. The number of halogens is 3. The van der Waals surface area contributed by atoms with Gasteiger partial charge in [-0.25, -0.2) is 4.79 Å². The fraction of sp³-hybridized carbons (Fsp3) is 0.188. The van der Waals surface area contributed by atoms with Crippen molar-refractivity contribution in [3.05, 3.63) is 120 Å². The Labute approximate surface area is 236 Å². The molecule has 212 valence electrons. The van der Waals surface area contributed by atoms with Gasteiger partial charge in [-0.1, -0.05) is 60.7 Å². The second-order valence-corrected chi connectivity index (χ2v) is 9.25. The quantitative estimate of drug-likeness (QED) is 0.137. The Morgan fingerprint density at radius 3 is 2.07 bits per heavy atom. The number of hydrogen-bond donors (Lipinski definition) is 3. The normalized spacial score (nSPS) is 11.9. The number of rotatable bonds is 11. The molecule has 3 N–H and O–H groups in total. The first-order valence-corrected chi connectivity index (χ1v) is 13.0. The molecular formula is C32H30F3N3O3. The molecule has 0 saturated heterocycles. The van der Waals surface area contributed by atoms with Crippen LogP contribution in [0.4, 0.5) is 24.5 Å². The van der Waals surface area contributed by atoms with Gasteiger partial charge < -0.3 is 20.7 Å². The first-order valence-electron chi connectivity index (χ1n) is 13.0. The van der Waals surface area contributed by atoms with Crippen LogP contribution in [0, 0.1) is 0 Å². The standard InChI is InChI=1S/C32H30F3N3O3/c1-41-31(40)29(23-8-3-2-4-9-23)37-21-7-20-36-25-16-18-26(19-17-25)38-30(39)28-11-6-5-10-27(28)22-12-14-24(15-13-22)32(33,34)35/h2-6,8-19,29,36-37H,7,20-21H2,1H3,(H,38,39). The molecule has 0 heterocycles. The van der Waals surface area contributed by atoms with Crippen molar-refractivity contribution in [2.75, 3.05) is 30.8 Å². The van der Waals surface area contributed by atoms with Crippen LogP contribution in [-0.4, -0.2) is 32.1 Å². The third kappa shape index (κ3) is 7.95. The molecule has 1 unspecified atom stereocenters. The Hall–Kier alpha value is -4.63. The lowest BCUT2D eigenvalue weighted by Crippen LogP contribution is -2.31. The fourth-order valence-electron chi connectivity index (χ4n) is 4.31. The van der Waals surface area contributed by atoms with Crippen molar-refractivity contribution in [2.24, 2.45) is 0 Å². The number of benzene rings is 4. The Balaban J connectivity index is 1.30. The lowest BCUT2D eigenvalue weighted by molar-refractivity contribution is -0.143. The van der Waals surface area contributed by atoms with E-state index in [1.807, 2.05) is 42.5 Å². The van der Waals surface area contributed by atoms with E-state index in [4.69, 9.17) is 4.74 Å². The number of hydrogen-bond acceptors (Lipinski definition) is 5. The van der Waals surface area contributed by atoms with E-state index in [1.165, 1.54) is 19.2 Å². The monoisotopic (exact) mass is 561 g/mol. The van der Waals surface area contributed by atoms with Crippen molar-refractivity contribution in [1.29, 1.82) is 0 Å². The zero-order valence-electron chi connectivity index (χ0n) is 22.4. The molecule has 1 atom stereocenters. The highest BCUT2D eigenvalue weighted by Gasteiger charge is 2.30. The molecule has 0 fully saturated rings. The zero-order valence-corrected chi connectivity index (χ0v) is 22.4. The number of anilines is 2. The summed E-state index contributed by atoms with van der Waals surface area (Å²) in [7, 11) is 1.37. The molecule has 0 aliphatic heterocycles. The average Bonchev–Trinajstić information content (AvgIpc) is 2.99. The van der Waals surface area contributed by atoms with E-state index in [1.54, 1.807) is 36.4 Å². The minimum atomic E-state index is -4.43. The number of carbonyl (C=O) groups is 2. The highest BCUT2D eigenvalue weighted by atomic mass is 19.4. The molecule has 41 heavy (non-hydrogen) atoms. The van der Waals surface area contributed by atoms with Gasteiger partial charge in [0.2, 0.25) is 0 Å². The predicted molar refractivity (Wildman–Crippen MR) is 154 cm³/mol. The smallest absolute Gasteiger partial charge is 0.416 e. The number of ether oxygens (including phenoxy) is 1. The van der Waals surface area contributed by atoms with Crippen LogP contribution in [0.15, 0.2) is 103 Å². The van der Waals surface area contributed by atoms with Crippen LogP contribution in [-0.2, 0) is 15.7 Å². The van der Waals surface area contributed by atoms with Crippen molar-refractivity contribution in [2.45, 2.75) is 18.6 Å². The largest absolute Gasteiger partial charge is 0.468 e. The van der Waals surface area contributed by atoms with Crippen molar-refractivity contribution in [3.8, 4) is 11.1 Å². The molecule has 4 aromatic carbocycles. The van der Waals surface area contributed by atoms with E-state index < -0.39 is 17.8 Å². The van der Waals surface area contributed by atoms with E-state index in [0.717, 1.165) is 29.8 Å². The van der Waals surface area contributed by atoms with Crippen molar-refractivity contribution in [1.82, 2.24) is 5.32 Å². The average molecular weight is 562 g/mol. The fourth-order valence-corrected chi connectivity index (χ4v) is 4.31. The number of amides is 1. The van der Waals surface area contributed by atoms with E-state index in [9.17, 15) is 22.8 Å². The van der Waals surface area contributed by atoms with Crippen LogP contribution in [0.3, 0.4) is 0 Å². The summed E-state index contributed by atoms with van der Waals surface area (Å²) in [6.45, 7) is 1.25. The molecule has 0 saturated carbocycles. The van der Waals surface area contributed by atoms with Crippen molar-refractivity contribution < 1.29 is 27.5 Å². The van der Waals surface area contributed by atoms with Crippen LogP contribution in [0.2, 0.25) is 0 Å². The van der Waals surface area contributed by atoms with Crippen LogP contribution in [0.1, 0.15) is 33.9 Å². The second kappa shape index (κ2) is 13.6. The van der Waals surface area contributed by atoms with Gasteiger partial charge in [-0.3, -0.25) is 4.79 Å². The van der Waals surface area contributed by atoms with Gasteiger partial charge in [0.05, 0.1) is 12.7 Å². The molecule has 0 bridgehead atoms. The molecule has 0 aromatic heterocycles. The minimum absolute atomic E-state index is 0.344. The van der Waals surface area contributed by atoms with Gasteiger partial charge in [0.25, 0.3) is 5.91 Å². The van der Waals surface area contributed by atoms with Crippen LogP contribution in [0.25, 0.3) is 11.1 Å². The molecule has 0 radical (unpaired) electrons. The molecule has 0 aliphatic rings. The summed E-state index contributed by atoms with van der Waals surface area (Å²) >= 11 is 0. The van der Waals surface area contributed by atoms with Gasteiger partial charge in [0.15, 0.2) is 0 Å². The highest BCUT2D eigenvalue weighted by molar-refractivity contribution is 6.08. The van der Waals surface area contributed by atoms with Gasteiger partial charge in [-0.15, -0.1) is 0 Å². The molecule has 0 aliphatic carbocycles. The number of alkyl halides is 3. The van der Waals surface area contributed by atoms with Gasteiger partial charge in [0.1, 0.15) is 6.04 Å². The summed E-state index contributed by atoms with van der Waals surface area (Å²) in [4.78, 5) is 25.2. The SMILES string of the molecule is COC(=O)C(NCCCNc1ccc(NC(=O)c2ccccc2-c2ccc(C(F)(F)F)cc2)cc1)c1ccccc1. The molecular weight excluding hydrogens is 531 g/mol. The number of methoxy groups -OCH3 is 1. The maximum Gasteiger partial charge on any atom is 0.416 e. The van der Waals surface area contributed by atoms with Crippen LogP contribution < -0.4 is 16.0 Å². The summed E-state index contributed by atoms with van der Waals surface area (Å²) in [6, 6.07) is 27.6. The summed E-state index contributed by atoms with van der Waals surface area (Å²) in [5.74, 6) is -0.713. The van der Waals surface area contributed by atoms with E-state index in [2.05, 4.69) is 16.0 Å². The number of carbonyl (C=O) groups excluding carboxylic acids is 2. The summed E-state index contributed by atoms with van der Waals surface area (Å²) in [5, 5.41) is 9.39. The number of nitrogens with one attached hydrogen (secondary N) is 3.